The van der Waals surface area contributed by atoms with Gasteiger partial charge in [0, 0.05) is 25.1 Å². The molecule has 0 aliphatic carbocycles. The van der Waals surface area contributed by atoms with Crippen LogP contribution in [0.2, 0.25) is 0 Å². The second-order valence-corrected chi connectivity index (χ2v) is 7.18. The fourth-order valence-electron chi connectivity index (χ4n) is 3.63. The van der Waals surface area contributed by atoms with E-state index in [2.05, 4.69) is 5.32 Å². The molecule has 0 saturated carbocycles. The Morgan fingerprint density at radius 3 is 2.15 bits per heavy atom. The van der Waals surface area contributed by atoms with Crippen LogP contribution in [-0.4, -0.2) is 59.9 Å². The first-order valence-corrected chi connectivity index (χ1v) is 10.0. The fourth-order valence-corrected chi connectivity index (χ4v) is 3.63. The molecule has 33 heavy (non-hydrogen) atoms. The quantitative estimate of drug-likeness (QED) is 0.601. The zero-order chi connectivity index (χ0) is 24.1. The lowest BCUT2D eigenvalue weighted by atomic mass is 10.1. The van der Waals surface area contributed by atoms with Gasteiger partial charge in [0.05, 0.1) is 58.4 Å². The van der Waals surface area contributed by atoms with Crippen molar-refractivity contribution in [3.05, 3.63) is 35.9 Å². The third kappa shape index (κ3) is 4.79. The van der Waals surface area contributed by atoms with Gasteiger partial charge in [-0.05, 0) is 18.2 Å². The molecule has 1 N–H and O–H groups in total. The predicted molar refractivity (Wildman–Crippen MR) is 120 cm³/mol. The Balaban J connectivity index is 1.83. The standard InChI is InChI=1S/C23H26N2O8/c1-29-15-6-7-17(16(11-15)23(28)33-5)24-22(27)13-8-20(26)25(12-13)14-9-18(30-2)21(32-4)19(10-14)31-3/h6-7,9-11,13H,8,12H2,1-5H3,(H,24,27). The summed E-state index contributed by atoms with van der Waals surface area (Å²) in [4.78, 5) is 39.3. The summed E-state index contributed by atoms with van der Waals surface area (Å²) in [6.07, 6.45) is 0.00616. The molecule has 1 saturated heterocycles. The van der Waals surface area contributed by atoms with Crippen molar-refractivity contribution >= 4 is 29.2 Å². The smallest absolute Gasteiger partial charge is 0.340 e. The van der Waals surface area contributed by atoms with Crippen molar-refractivity contribution in [1.29, 1.82) is 0 Å². The maximum Gasteiger partial charge on any atom is 0.340 e. The molecule has 0 aromatic heterocycles. The van der Waals surface area contributed by atoms with Crippen molar-refractivity contribution in [2.45, 2.75) is 6.42 Å². The molecule has 0 bridgehead atoms. The Hall–Kier alpha value is -3.95. The van der Waals surface area contributed by atoms with Crippen LogP contribution in [0.5, 0.6) is 23.0 Å². The van der Waals surface area contributed by atoms with Gasteiger partial charge in [0.25, 0.3) is 0 Å². The number of esters is 1. The predicted octanol–water partition coefficient (Wildman–Crippen LogP) is 2.50. The lowest BCUT2D eigenvalue weighted by Crippen LogP contribution is -2.28. The number of benzene rings is 2. The van der Waals surface area contributed by atoms with E-state index in [0.717, 1.165) is 0 Å². The van der Waals surface area contributed by atoms with Gasteiger partial charge in [-0.2, -0.15) is 0 Å². The molecule has 3 rings (SSSR count). The maximum atomic E-state index is 13.0. The van der Waals surface area contributed by atoms with E-state index in [1.54, 1.807) is 24.3 Å². The first-order valence-electron chi connectivity index (χ1n) is 10.0. The van der Waals surface area contributed by atoms with Crippen molar-refractivity contribution < 1.29 is 38.1 Å². The number of ether oxygens (including phenoxy) is 5. The summed E-state index contributed by atoms with van der Waals surface area (Å²) >= 11 is 0. The summed E-state index contributed by atoms with van der Waals surface area (Å²) in [5.74, 6) is -0.240. The van der Waals surface area contributed by atoms with E-state index in [4.69, 9.17) is 23.7 Å². The molecule has 1 unspecified atom stereocenters. The zero-order valence-electron chi connectivity index (χ0n) is 19.1. The molecular weight excluding hydrogens is 432 g/mol. The number of carbonyl (C=O) groups excluding carboxylic acids is 3. The van der Waals surface area contributed by atoms with Gasteiger partial charge in [0.15, 0.2) is 11.5 Å². The molecule has 10 nitrogen and oxygen atoms in total. The summed E-state index contributed by atoms with van der Waals surface area (Å²) in [5, 5.41) is 2.73. The average Bonchev–Trinajstić information content (AvgIpc) is 3.24. The number of nitrogens with zero attached hydrogens (tertiary/aromatic N) is 1. The Morgan fingerprint density at radius 2 is 1.61 bits per heavy atom. The number of carbonyl (C=O) groups is 3. The van der Waals surface area contributed by atoms with Crippen LogP contribution in [0.4, 0.5) is 11.4 Å². The molecule has 1 aliphatic heterocycles. The Labute approximate surface area is 191 Å². The minimum Gasteiger partial charge on any atom is -0.497 e. The zero-order valence-corrected chi connectivity index (χ0v) is 19.1. The number of hydrogen-bond acceptors (Lipinski definition) is 8. The lowest BCUT2D eigenvalue weighted by molar-refractivity contribution is -0.122. The number of nitrogens with one attached hydrogen (secondary N) is 1. The number of amides is 2. The molecule has 176 valence electrons. The van der Waals surface area contributed by atoms with Crippen LogP contribution >= 0.6 is 0 Å². The van der Waals surface area contributed by atoms with Gasteiger partial charge in [0.1, 0.15) is 5.75 Å². The summed E-state index contributed by atoms with van der Waals surface area (Å²) in [7, 11) is 7.17. The van der Waals surface area contributed by atoms with Crippen LogP contribution in [0.1, 0.15) is 16.8 Å². The largest absolute Gasteiger partial charge is 0.497 e. The molecule has 2 aromatic rings. The molecule has 1 atom stereocenters. The highest BCUT2D eigenvalue weighted by Gasteiger charge is 2.36. The minimum atomic E-state index is -0.635. The van der Waals surface area contributed by atoms with Crippen LogP contribution < -0.4 is 29.2 Å². The second-order valence-electron chi connectivity index (χ2n) is 7.18. The van der Waals surface area contributed by atoms with Crippen molar-refractivity contribution in [2.24, 2.45) is 5.92 Å². The minimum absolute atomic E-state index is 0.00616. The van der Waals surface area contributed by atoms with Gasteiger partial charge >= 0.3 is 5.97 Å². The van der Waals surface area contributed by atoms with Crippen LogP contribution in [-0.2, 0) is 14.3 Å². The Morgan fingerprint density at radius 1 is 0.939 bits per heavy atom. The van der Waals surface area contributed by atoms with E-state index in [1.807, 2.05) is 0 Å². The molecule has 10 heteroatoms. The van der Waals surface area contributed by atoms with E-state index in [9.17, 15) is 14.4 Å². The van der Waals surface area contributed by atoms with E-state index in [1.165, 1.54) is 46.5 Å². The lowest BCUT2D eigenvalue weighted by Gasteiger charge is -2.20. The molecule has 0 radical (unpaired) electrons. The van der Waals surface area contributed by atoms with E-state index >= 15 is 0 Å². The number of anilines is 2. The first kappa shape index (κ1) is 23.7. The summed E-state index contributed by atoms with van der Waals surface area (Å²) in [5.41, 5.74) is 0.937. The van der Waals surface area contributed by atoms with E-state index in [-0.39, 0.29) is 30.1 Å². The average molecular weight is 458 g/mol. The van der Waals surface area contributed by atoms with Crippen molar-refractivity contribution in [3.63, 3.8) is 0 Å². The van der Waals surface area contributed by atoms with Gasteiger partial charge in [-0.3, -0.25) is 9.59 Å². The Kier molecular flexibility index (Phi) is 7.27. The topological polar surface area (TPSA) is 113 Å². The van der Waals surface area contributed by atoms with Crippen LogP contribution in [0.15, 0.2) is 30.3 Å². The maximum absolute atomic E-state index is 13.0. The third-order valence-corrected chi connectivity index (χ3v) is 5.35. The molecule has 2 aromatic carbocycles. The Bertz CT molecular complexity index is 1040. The first-order chi connectivity index (χ1) is 15.9. The number of hydrogen-bond donors (Lipinski definition) is 1. The summed E-state index contributed by atoms with van der Waals surface area (Å²) < 4.78 is 26.0. The van der Waals surface area contributed by atoms with Gasteiger partial charge in [-0.15, -0.1) is 0 Å². The van der Waals surface area contributed by atoms with Gasteiger partial charge < -0.3 is 33.9 Å². The molecule has 0 spiro atoms. The van der Waals surface area contributed by atoms with Gasteiger partial charge in [0.2, 0.25) is 17.6 Å². The molecular formula is C23H26N2O8. The number of methoxy groups -OCH3 is 5. The monoisotopic (exact) mass is 458 g/mol. The SMILES string of the molecule is COC(=O)c1cc(OC)ccc1NC(=O)C1CC(=O)N(c2cc(OC)c(OC)c(OC)c2)C1. The highest BCUT2D eigenvalue weighted by Crippen LogP contribution is 2.42. The van der Waals surface area contributed by atoms with Crippen LogP contribution in [0, 0.1) is 5.92 Å². The normalized spacial score (nSPS) is 15.1. The molecule has 2 amide bonds. The van der Waals surface area contributed by atoms with Crippen LogP contribution in [0.3, 0.4) is 0 Å². The molecule has 1 aliphatic rings. The summed E-state index contributed by atoms with van der Waals surface area (Å²) in [6, 6.07) is 7.95. The van der Waals surface area contributed by atoms with Crippen molar-refractivity contribution in [3.8, 4) is 23.0 Å². The second kappa shape index (κ2) is 10.1. The van der Waals surface area contributed by atoms with Crippen LogP contribution in [0.25, 0.3) is 0 Å². The van der Waals surface area contributed by atoms with Gasteiger partial charge in [-0.1, -0.05) is 0 Å². The summed E-state index contributed by atoms with van der Waals surface area (Å²) in [6.45, 7) is 0.146. The van der Waals surface area contributed by atoms with E-state index < -0.39 is 17.8 Å². The van der Waals surface area contributed by atoms with Gasteiger partial charge in [-0.25, -0.2) is 4.79 Å². The van der Waals surface area contributed by atoms with E-state index in [0.29, 0.717) is 28.7 Å². The highest BCUT2D eigenvalue weighted by molar-refractivity contribution is 6.06. The molecule has 1 fully saturated rings. The third-order valence-electron chi connectivity index (χ3n) is 5.35. The van der Waals surface area contributed by atoms with Crippen molar-refractivity contribution in [2.75, 3.05) is 52.3 Å². The highest BCUT2D eigenvalue weighted by atomic mass is 16.5. The number of rotatable bonds is 8. The molecule has 1 heterocycles. The fraction of sp³-hybridized carbons (Fsp3) is 0.348. The van der Waals surface area contributed by atoms with Crippen molar-refractivity contribution in [1.82, 2.24) is 0 Å².